The van der Waals surface area contributed by atoms with Gasteiger partial charge in [-0.1, -0.05) is 0 Å². The Hall–Kier alpha value is -0.870. The molecule has 0 aliphatic carbocycles. The van der Waals surface area contributed by atoms with Crippen LogP contribution in [0.4, 0.5) is 0 Å². The van der Waals surface area contributed by atoms with Crippen LogP contribution in [-0.4, -0.2) is 35.4 Å². The maximum Gasteiger partial charge on any atom is 0.109 e. The maximum absolute atomic E-state index is 5.45. The van der Waals surface area contributed by atoms with E-state index in [1.807, 2.05) is 26.5 Å². The Balaban J connectivity index is 2.59. The maximum atomic E-state index is 5.45. The highest BCUT2D eigenvalue weighted by molar-refractivity contribution is 4.95. The lowest BCUT2D eigenvalue weighted by Gasteiger charge is -2.28. The van der Waals surface area contributed by atoms with Gasteiger partial charge in [0.25, 0.3) is 0 Å². The van der Waals surface area contributed by atoms with E-state index in [0.29, 0.717) is 6.04 Å². The zero-order valence-corrected chi connectivity index (χ0v) is 10.9. The van der Waals surface area contributed by atoms with E-state index in [0.717, 1.165) is 18.7 Å². The van der Waals surface area contributed by atoms with Crippen LogP contribution in [0.15, 0.2) is 12.4 Å². The summed E-state index contributed by atoms with van der Waals surface area (Å²) in [6, 6.07) is 0.385. The normalized spacial score (nSPS) is 14.1. The summed E-state index contributed by atoms with van der Waals surface area (Å²) in [5.74, 6) is 1.10. The van der Waals surface area contributed by atoms with E-state index in [9.17, 15) is 0 Å². The van der Waals surface area contributed by atoms with Gasteiger partial charge in [0.05, 0.1) is 5.60 Å². The summed E-state index contributed by atoms with van der Waals surface area (Å²) in [5, 5.41) is 3.32. The third-order valence-corrected chi connectivity index (χ3v) is 3.05. The summed E-state index contributed by atoms with van der Waals surface area (Å²) in [7, 11) is 5.77. The Morgan fingerprint density at radius 2 is 2.25 bits per heavy atom. The molecule has 4 heteroatoms. The molecule has 0 saturated heterocycles. The molecule has 0 aromatic carbocycles. The standard InChI is InChI=1S/C12H23N3O/c1-12(2,16-5)9-10(13-3)8-11-14-6-7-15(11)4/h6-7,10,13H,8-9H2,1-5H3. The molecular weight excluding hydrogens is 202 g/mol. The average Bonchev–Trinajstić information content (AvgIpc) is 2.63. The van der Waals surface area contributed by atoms with Crippen molar-refractivity contribution in [3.8, 4) is 0 Å². The molecule has 1 N–H and O–H groups in total. The van der Waals surface area contributed by atoms with Crippen molar-refractivity contribution in [3.05, 3.63) is 18.2 Å². The minimum atomic E-state index is -0.0984. The van der Waals surface area contributed by atoms with E-state index >= 15 is 0 Å². The molecule has 1 aromatic heterocycles. The number of rotatable bonds is 6. The molecule has 0 bridgehead atoms. The minimum Gasteiger partial charge on any atom is -0.379 e. The van der Waals surface area contributed by atoms with Crippen molar-refractivity contribution in [1.82, 2.24) is 14.9 Å². The van der Waals surface area contributed by atoms with Gasteiger partial charge < -0.3 is 14.6 Å². The molecule has 1 unspecified atom stereocenters. The SMILES string of the molecule is CNC(Cc1nccn1C)CC(C)(C)OC. The van der Waals surface area contributed by atoms with E-state index in [1.165, 1.54) is 0 Å². The fourth-order valence-electron chi connectivity index (χ4n) is 1.77. The molecule has 1 aromatic rings. The van der Waals surface area contributed by atoms with E-state index in [-0.39, 0.29) is 5.60 Å². The van der Waals surface area contributed by atoms with Crippen molar-refractivity contribution in [1.29, 1.82) is 0 Å². The van der Waals surface area contributed by atoms with E-state index in [1.54, 1.807) is 7.11 Å². The fraction of sp³-hybridized carbons (Fsp3) is 0.750. The number of ether oxygens (including phenoxy) is 1. The highest BCUT2D eigenvalue weighted by atomic mass is 16.5. The quantitative estimate of drug-likeness (QED) is 0.794. The topological polar surface area (TPSA) is 39.1 Å². The molecule has 92 valence electrons. The first-order valence-electron chi connectivity index (χ1n) is 5.67. The summed E-state index contributed by atoms with van der Waals surface area (Å²) in [6.45, 7) is 4.21. The first kappa shape index (κ1) is 13.2. The first-order valence-corrected chi connectivity index (χ1v) is 5.67. The van der Waals surface area contributed by atoms with Crippen LogP contribution in [0.3, 0.4) is 0 Å². The summed E-state index contributed by atoms with van der Waals surface area (Å²) >= 11 is 0. The zero-order chi connectivity index (χ0) is 12.2. The first-order chi connectivity index (χ1) is 7.48. The van der Waals surface area contributed by atoms with Gasteiger partial charge in [-0.2, -0.15) is 0 Å². The third-order valence-electron chi connectivity index (χ3n) is 3.05. The van der Waals surface area contributed by atoms with Gasteiger partial charge >= 0.3 is 0 Å². The molecule has 0 amide bonds. The van der Waals surface area contributed by atoms with Gasteiger partial charge in [0.1, 0.15) is 5.82 Å². The summed E-state index contributed by atoms with van der Waals surface area (Å²) < 4.78 is 7.51. The van der Waals surface area contributed by atoms with Crippen molar-refractivity contribution >= 4 is 0 Å². The molecule has 4 nitrogen and oxygen atoms in total. The van der Waals surface area contributed by atoms with Crippen molar-refractivity contribution in [3.63, 3.8) is 0 Å². The van der Waals surface area contributed by atoms with Gasteiger partial charge in [-0.3, -0.25) is 0 Å². The summed E-state index contributed by atoms with van der Waals surface area (Å²) in [6.07, 6.45) is 5.70. The van der Waals surface area contributed by atoms with Crippen LogP contribution >= 0.6 is 0 Å². The largest absolute Gasteiger partial charge is 0.379 e. The zero-order valence-electron chi connectivity index (χ0n) is 10.9. The summed E-state index contributed by atoms with van der Waals surface area (Å²) in [5.41, 5.74) is -0.0984. The Bertz CT molecular complexity index is 320. The van der Waals surface area contributed by atoms with Gasteiger partial charge in [-0.05, 0) is 27.3 Å². The van der Waals surface area contributed by atoms with Crippen LogP contribution in [0.1, 0.15) is 26.1 Å². The second-order valence-electron chi connectivity index (χ2n) is 4.81. The third kappa shape index (κ3) is 3.61. The fourth-order valence-corrected chi connectivity index (χ4v) is 1.77. The molecule has 1 rings (SSSR count). The molecule has 0 spiro atoms. The lowest BCUT2D eigenvalue weighted by molar-refractivity contribution is 0.00754. The lowest BCUT2D eigenvalue weighted by atomic mass is 9.96. The van der Waals surface area contributed by atoms with Gasteiger partial charge in [0, 0.05) is 39.0 Å². The molecule has 0 aliphatic heterocycles. The number of nitrogens with one attached hydrogen (secondary N) is 1. The van der Waals surface area contributed by atoms with Crippen molar-refractivity contribution < 1.29 is 4.74 Å². The highest BCUT2D eigenvalue weighted by Gasteiger charge is 2.22. The average molecular weight is 225 g/mol. The second kappa shape index (κ2) is 5.46. The Morgan fingerprint density at radius 1 is 1.56 bits per heavy atom. The van der Waals surface area contributed by atoms with Gasteiger partial charge in [-0.15, -0.1) is 0 Å². The van der Waals surface area contributed by atoms with Crippen molar-refractivity contribution in [2.24, 2.45) is 7.05 Å². The van der Waals surface area contributed by atoms with Crippen molar-refractivity contribution in [2.75, 3.05) is 14.2 Å². The number of likely N-dealkylation sites (N-methyl/N-ethyl adjacent to an activating group) is 1. The van der Waals surface area contributed by atoms with Crippen LogP contribution in [0.2, 0.25) is 0 Å². The molecular formula is C12H23N3O. The smallest absolute Gasteiger partial charge is 0.109 e. The molecule has 0 fully saturated rings. The van der Waals surface area contributed by atoms with Crippen LogP contribution in [0.25, 0.3) is 0 Å². The van der Waals surface area contributed by atoms with Gasteiger partial charge in [0.2, 0.25) is 0 Å². The molecule has 0 saturated carbocycles. The Morgan fingerprint density at radius 3 is 2.69 bits per heavy atom. The number of imidazole rings is 1. The Kier molecular flexibility index (Phi) is 4.50. The predicted molar refractivity (Wildman–Crippen MR) is 65.5 cm³/mol. The van der Waals surface area contributed by atoms with E-state index in [2.05, 4.69) is 28.7 Å². The lowest BCUT2D eigenvalue weighted by Crippen LogP contribution is -2.37. The van der Waals surface area contributed by atoms with Crippen molar-refractivity contribution in [2.45, 2.75) is 38.3 Å². The van der Waals surface area contributed by atoms with Crippen LogP contribution < -0.4 is 5.32 Å². The predicted octanol–water partition coefficient (Wildman–Crippen LogP) is 1.37. The number of methoxy groups -OCH3 is 1. The molecule has 16 heavy (non-hydrogen) atoms. The Labute approximate surface area is 98.0 Å². The molecule has 1 heterocycles. The monoisotopic (exact) mass is 225 g/mol. The molecule has 1 atom stereocenters. The number of aromatic nitrogens is 2. The number of aryl methyl sites for hydroxylation is 1. The van der Waals surface area contributed by atoms with Gasteiger partial charge in [0.15, 0.2) is 0 Å². The molecule has 0 aliphatic rings. The highest BCUT2D eigenvalue weighted by Crippen LogP contribution is 2.17. The van der Waals surface area contributed by atoms with Crippen LogP contribution in [-0.2, 0) is 18.2 Å². The van der Waals surface area contributed by atoms with Crippen LogP contribution in [0.5, 0.6) is 0 Å². The number of nitrogens with zero attached hydrogens (tertiary/aromatic N) is 2. The van der Waals surface area contributed by atoms with E-state index < -0.39 is 0 Å². The second-order valence-corrected chi connectivity index (χ2v) is 4.81. The van der Waals surface area contributed by atoms with E-state index in [4.69, 9.17) is 4.74 Å². The summed E-state index contributed by atoms with van der Waals surface area (Å²) in [4.78, 5) is 4.34. The van der Waals surface area contributed by atoms with Crippen LogP contribution in [0, 0.1) is 0 Å². The minimum absolute atomic E-state index is 0.0984. The number of hydrogen-bond acceptors (Lipinski definition) is 3. The molecule has 0 radical (unpaired) electrons. The number of hydrogen-bond donors (Lipinski definition) is 1. The van der Waals surface area contributed by atoms with Gasteiger partial charge in [-0.25, -0.2) is 4.98 Å².